The van der Waals surface area contributed by atoms with E-state index in [0.717, 1.165) is 0 Å². The third-order valence-corrected chi connectivity index (χ3v) is 4.18. The maximum atomic E-state index is 12.5. The van der Waals surface area contributed by atoms with Gasteiger partial charge in [0.25, 0.3) is 0 Å². The highest BCUT2D eigenvalue weighted by molar-refractivity contribution is 5.92. The van der Waals surface area contributed by atoms with Crippen molar-refractivity contribution in [2.45, 2.75) is 13.0 Å². The van der Waals surface area contributed by atoms with Crippen molar-refractivity contribution >= 4 is 23.0 Å². The summed E-state index contributed by atoms with van der Waals surface area (Å²) < 4.78 is 13.0. The fourth-order valence-corrected chi connectivity index (χ4v) is 2.80. The summed E-state index contributed by atoms with van der Waals surface area (Å²) in [5.74, 6) is 0.844. The largest absolute Gasteiger partial charge is 0.462 e. The number of aryl methyl sites for hydroxylation is 1. The zero-order valence-electron chi connectivity index (χ0n) is 15.4. The number of benzene rings is 1. The number of hydrogen-bond donors (Lipinski definition) is 1. The predicted octanol–water partition coefficient (Wildman–Crippen LogP) is 2.84. The van der Waals surface area contributed by atoms with Crippen LogP contribution in [0.15, 0.2) is 61.4 Å². The number of ether oxygens (including phenoxy) is 2. The molecule has 0 aliphatic carbocycles. The Morgan fingerprint density at radius 3 is 2.86 bits per heavy atom. The van der Waals surface area contributed by atoms with E-state index < -0.39 is 5.97 Å². The molecule has 2 N–H and O–H groups in total. The first-order chi connectivity index (χ1) is 14.2. The Hall–Kier alpha value is -4.01. The topological polar surface area (TPSA) is 118 Å². The molecule has 0 amide bonds. The van der Waals surface area contributed by atoms with Gasteiger partial charge in [-0.2, -0.15) is 0 Å². The summed E-state index contributed by atoms with van der Waals surface area (Å²) in [6.45, 7) is 0.814. The molecule has 0 unspecified atom stereocenters. The molecule has 0 aliphatic rings. The Labute approximate surface area is 166 Å². The van der Waals surface area contributed by atoms with Crippen molar-refractivity contribution < 1.29 is 14.3 Å². The number of imidazole rings is 1. The number of pyridine rings is 1. The van der Waals surface area contributed by atoms with Crippen LogP contribution >= 0.6 is 0 Å². The molecule has 3 heterocycles. The van der Waals surface area contributed by atoms with E-state index in [1.807, 2.05) is 4.57 Å². The summed E-state index contributed by atoms with van der Waals surface area (Å²) in [4.78, 5) is 28.8. The van der Waals surface area contributed by atoms with Gasteiger partial charge in [-0.3, -0.25) is 4.98 Å². The molecule has 4 rings (SSSR count). The maximum absolute atomic E-state index is 12.5. The Bertz CT molecular complexity index is 1130. The van der Waals surface area contributed by atoms with Crippen LogP contribution in [0.4, 0.5) is 5.82 Å². The zero-order chi connectivity index (χ0) is 20.1. The number of nitrogens with zero attached hydrogens (tertiary/aromatic N) is 5. The van der Waals surface area contributed by atoms with Gasteiger partial charge in [0, 0.05) is 12.7 Å². The first-order valence-corrected chi connectivity index (χ1v) is 8.98. The summed E-state index contributed by atoms with van der Waals surface area (Å²) in [5, 5.41) is 0. The van der Waals surface area contributed by atoms with Crippen molar-refractivity contribution in [1.29, 1.82) is 0 Å². The number of nitrogens with two attached hydrogens (primary N) is 1. The van der Waals surface area contributed by atoms with Crippen LogP contribution in [0.1, 0.15) is 16.8 Å². The van der Waals surface area contributed by atoms with Crippen molar-refractivity contribution in [3.63, 3.8) is 0 Å². The molecular weight excluding hydrogens is 372 g/mol. The zero-order valence-corrected chi connectivity index (χ0v) is 15.4. The van der Waals surface area contributed by atoms with Crippen LogP contribution < -0.4 is 10.5 Å². The number of carbonyl (C=O) groups is 1. The van der Waals surface area contributed by atoms with Crippen LogP contribution in [0.5, 0.6) is 11.5 Å². The molecule has 0 spiro atoms. The molecule has 0 fully saturated rings. The molecule has 0 aliphatic heterocycles. The van der Waals surface area contributed by atoms with E-state index >= 15 is 0 Å². The van der Waals surface area contributed by atoms with Gasteiger partial charge in [-0.1, -0.05) is 12.1 Å². The van der Waals surface area contributed by atoms with Crippen molar-refractivity contribution in [1.82, 2.24) is 24.5 Å². The number of para-hydroxylation sites is 1. The number of anilines is 1. The summed E-state index contributed by atoms with van der Waals surface area (Å²) in [6.07, 6.45) is 6.86. The lowest BCUT2D eigenvalue weighted by molar-refractivity contribution is 0.0493. The molecule has 3 aromatic heterocycles. The molecule has 29 heavy (non-hydrogen) atoms. The van der Waals surface area contributed by atoms with Crippen molar-refractivity contribution in [3.8, 4) is 11.5 Å². The summed E-state index contributed by atoms with van der Waals surface area (Å²) >= 11 is 0. The standard InChI is InChI=1S/C20H18N6O3/c21-18-17-19(24-12-23-18)26(13-25-17)9-4-10-28-20(27)15-6-1-2-7-16(15)29-14-5-3-8-22-11-14/h1-3,5-8,11-13H,4,9-10H2,(H2,21,23,24). The minimum Gasteiger partial charge on any atom is -0.462 e. The summed E-state index contributed by atoms with van der Waals surface area (Å²) in [6, 6.07) is 10.5. The van der Waals surface area contributed by atoms with E-state index in [-0.39, 0.29) is 6.61 Å². The first kappa shape index (κ1) is 18.4. The molecular formula is C20H18N6O3. The molecule has 146 valence electrons. The Kier molecular flexibility index (Phi) is 5.28. The highest BCUT2D eigenvalue weighted by Gasteiger charge is 2.14. The summed E-state index contributed by atoms with van der Waals surface area (Å²) in [5.41, 5.74) is 7.35. The van der Waals surface area contributed by atoms with Gasteiger partial charge in [0.05, 0.1) is 19.1 Å². The van der Waals surface area contributed by atoms with Crippen LogP contribution in [0.3, 0.4) is 0 Å². The van der Waals surface area contributed by atoms with Crippen LogP contribution in [0.2, 0.25) is 0 Å². The van der Waals surface area contributed by atoms with Gasteiger partial charge in [0.2, 0.25) is 0 Å². The van der Waals surface area contributed by atoms with Gasteiger partial charge in [-0.25, -0.2) is 19.7 Å². The van der Waals surface area contributed by atoms with Crippen molar-refractivity contribution in [2.75, 3.05) is 12.3 Å². The second kappa shape index (κ2) is 8.34. The van der Waals surface area contributed by atoms with Gasteiger partial charge in [-0.05, 0) is 30.7 Å². The van der Waals surface area contributed by atoms with Crippen LogP contribution in [-0.2, 0) is 11.3 Å². The molecule has 0 atom stereocenters. The van der Waals surface area contributed by atoms with Crippen LogP contribution in [-0.4, -0.2) is 37.1 Å². The van der Waals surface area contributed by atoms with E-state index in [2.05, 4.69) is 19.9 Å². The number of esters is 1. The number of nitrogen functional groups attached to an aromatic ring is 1. The molecule has 9 heteroatoms. The fourth-order valence-electron chi connectivity index (χ4n) is 2.80. The van der Waals surface area contributed by atoms with Gasteiger partial charge < -0.3 is 19.8 Å². The molecule has 0 radical (unpaired) electrons. The van der Waals surface area contributed by atoms with Crippen LogP contribution in [0.25, 0.3) is 11.2 Å². The first-order valence-electron chi connectivity index (χ1n) is 8.98. The lowest BCUT2D eigenvalue weighted by Gasteiger charge is -2.11. The van der Waals surface area contributed by atoms with E-state index in [0.29, 0.717) is 47.0 Å². The molecule has 9 nitrogen and oxygen atoms in total. The second-order valence-corrected chi connectivity index (χ2v) is 6.15. The Morgan fingerprint density at radius 1 is 1.10 bits per heavy atom. The normalized spacial score (nSPS) is 10.8. The highest BCUT2D eigenvalue weighted by atomic mass is 16.5. The molecule has 1 aromatic carbocycles. The number of fused-ring (bicyclic) bond motifs is 1. The second-order valence-electron chi connectivity index (χ2n) is 6.15. The number of aromatic nitrogens is 5. The molecule has 0 saturated carbocycles. The van der Waals surface area contributed by atoms with Crippen molar-refractivity contribution in [3.05, 3.63) is 67.0 Å². The monoisotopic (exact) mass is 390 g/mol. The SMILES string of the molecule is Nc1ncnc2c1ncn2CCCOC(=O)c1ccccc1Oc1cccnc1. The third-order valence-electron chi connectivity index (χ3n) is 4.18. The Balaban J connectivity index is 1.36. The number of carbonyl (C=O) groups excluding carboxylic acids is 1. The van der Waals surface area contributed by atoms with E-state index in [9.17, 15) is 4.79 Å². The van der Waals surface area contributed by atoms with Crippen molar-refractivity contribution in [2.24, 2.45) is 0 Å². The quantitative estimate of drug-likeness (QED) is 0.378. The van der Waals surface area contributed by atoms with Crippen LogP contribution in [0, 0.1) is 0 Å². The molecule has 0 bridgehead atoms. The summed E-state index contributed by atoms with van der Waals surface area (Å²) in [7, 11) is 0. The fraction of sp³-hybridized carbons (Fsp3) is 0.150. The van der Waals surface area contributed by atoms with E-state index in [1.165, 1.54) is 6.33 Å². The van der Waals surface area contributed by atoms with E-state index in [4.69, 9.17) is 15.2 Å². The van der Waals surface area contributed by atoms with Gasteiger partial charge in [-0.15, -0.1) is 0 Å². The number of hydrogen-bond acceptors (Lipinski definition) is 8. The minimum atomic E-state index is -0.452. The lowest BCUT2D eigenvalue weighted by Crippen LogP contribution is -2.10. The van der Waals surface area contributed by atoms with E-state index in [1.54, 1.807) is 55.1 Å². The lowest BCUT2D eigenvalue weighted by atomic mass is 10.2. The smallest absolute Gasteiger partial charge is 0.341 e. The maximum Gasteiger partial charge on any atom is 0.341 e. The average molecular weight is 390 g/mol. The average Bonchev–Trinajstić information content (AvgIpc) is 3.17. The molecule has 0 saturated heterocycles. The van der Waals surface area contributed by atoms with Gasteiger partial charge in [0.1, 0.15) is 28.9 Å². The number of rotatable bonds is 7. The van der Waals surface area contributed by atoms with Gasteiger partial charge >= 0.3 is 5.97 Å². The highest BCUT2D eigenvalue weighted by Crippen LogP contribution is 2.25. The van der Waals surface area contributed by atoms with Gasteiger partial charge in [0.15, 0.2) is 11.5 Å². The third kappa shape index (κ3) is 4.13. The minimum absolute atomic E-state index is 0.236. The predicted molar refractivity (Wildman–Crippen MR) is 105 cm³/mol. The molecule has 4 aromatic rings. The Morgan fingerprint density at radius 2 is 2.00 bits per heavy atom.